The molecule has 0 bridgehead atoms. The highest BCUT2D eigenvalue weighted by Gasteiger charge is 2.21. The molecule has 2 heterocycles. The lowest BCUT2D eigenvalue weighted by Gasteiger charge is -2.17. The maximum Gasteiger partial charge on any atom is 0.352 e. The number of aromatic nitrogens is 5. The van der Waals surface area contributed by atoms with Gasteiger partial charge in [0.25, 0.3) is 5.56 Å². The number of hydrogen-bond acceptors (Lipinski definition) is 7. The number of benzene rings is 2. The lowest BCUT2D eigenvalue weighted by molar-refractivity contribution is -0.118. The summed E-state index contributed by atoms with van der Waals surface area (Å²) in [6, 6.07) is 14.8. The Morgan fingerprint density at radius 3 is 2.49 bits per heavy atom. The van der Waals surface area contributed by atoms with E-state index >= 15 is 0 Å². The Kier molecular flexibility index (Phi) is 6.72. The van der Waals surface area contributed by atoms with E-state index in [1.165, 1.54) is 0 Å². The van der Waals surface area contributed by atoms with E-state index < -0.39 is 11.2 Å². The fourth-order valence-corrected chi connectivity index (χ4v) is 3.60. The van der Waals surface area contributed by atoms with Crippen LogP contribution in [0, 0.1) is 13.8 Å². The maximum absolute atomic E-state index is 12.9. The first-order valence-electron chi connectivity index (χ1n) is 11.3. The van der Waals surface area contributed by atoms with Crippen molar-refractivity contribution in [1.82, 2.24) is 24.5 Å². The van der Waals surface area contributed by atoms with Gasteiger partial charge >= 0.3 is 5.69 Å². The number of hydrogen-bond donors (Lipinski definition) is 0. The zero-order valence-electron chi connectivity index (χ0n) is 20.1. The first kappa shape index (κ1) is 23.8. The molecule has 4 aromatic rings. The molecule has 2 aromatic heterocycles. The number of rotatable bonds is 7. The van der Waals surface area contributed by atoms with Crippen LogP contribution in [-0.2, 0) is 17.8 Å². The Hall–Kier alpha value is -4.34. The molecule has 0 N–H and O–H groups in total. The van der Waals surface area contributed by atoms with Crippen LogP contribution in [0.5, 0.6) is 0 Å². The lowest BCUT2D eigenvalue weighted by atomic mass is 10.2. The molecule has 10 heteroatoms. The van der Waals surface area contributed by atoms with Crippen LogP contribution in [0.1, 0.15) is 30.4 Å². The molecule has 0 fully saturated rings. The number of amides is 1. The molecule has 0 aliphatic rings. The minimum Gasteiger partial charge on any atom is -0.339 e. The summed E-state index contributed by atoms with van der Waals surface area (Å²) in [6.45, 7) is 5.75. The molecular weight excluding hydrogens is 448 g/mol. The fourth-order valence-electron chi connectivity index (χ4n) is 3.60. The molecule has 0 saturated carbocycles. The van der Waals surface area contributed by atoms with Gasteiger partial charge in [0.2, 0.25) is 17.6 Å². The fraction of sp³-hybridized carbons (Fsp3) is 0.280. The minimum absolute atomic E-state index is 0.0347. The van der Waals surface area contributed by atoms with E-state index in [0.29, 0.717) is 5.69 Å². The van der Waals surface area contributed by atoms with Gasteiger partial charge in [0.1, 0.15) is 0 Å². The summed E-state index contributed by atoms with van der Waals surface area (Å²) in [7, 11) is 1.71. The van der Waals surface area contributed by atoms with Gasteiger partial charge < -0.3 is 9.42 Å². The first-order valence-corrected chi connectivity index (χ1v) is 11.3. The van der Waals surface area contributed by atoms with E-state index in [1.807, 2.05) is 50.2 Å². The minimum atomic E-state index is -0.608. The number of carbonyl (C=O) groups excluding carboxylic acids is 1. The van der Waals surface area contributed by atoms with Crippen molar-refractivity contribution < 1.29 is 9.32 Å². The van der Waals surface area contributed by atoms with Crippen LogP contribution in [0.15, 0.2) is 62.6 Å². The zero-order chi connectivity index (χ0) is 25.1. The summed E-state index contributed by atoms with van der Waals surface area (Å²) >= 11 is 0. The van der Waals surface area contributed by atoms with Crippen molar-refractivity contribution in [3.8, 4) is 17.2 Å². The largest absolute Gasteiger partial charge is 0.352 e. The molecule has 4 rings (SSSR count). The Bertz CT molecular complexity index is 1480. The van der Waals surface area contributed by atoms with E-state index in [1.54, 1.807) is 31.0 Å². The summed E-state index contributed by atoms with van der Waals surface area (Å²) in [5.74, 6) is 0.0469. The van der Waals surface area contributed by atoms with E-state index in [-0.39, 0.29) is 42.7 Å². The molecule has 0 radical (unpaired) electrons. The van der Waals surface area contributed by atoms with E-state index in [9.17, 15) is 14.4 Å². The average Bonchev–Trinajstić information content (AvgIpc) is 3.32. The second-order valence-corrected chi connectivity index (χ2v) is 8.23. The molecule has 0 unspecified atom stereocenters. The Morgan fingerprint density at radius 1 is 1.06 bits per heavy atom. The molecule has 1 amide bonds. The molecule has 0 aliphatic heterocycles. The molecular formula is C25H26N6O4. The van der Waals surface area contributed by atoms with Crippen molar-refractivity contribution in [3.63, 3.8) is 0 Å². The van der Waals surface area contributed by atoms with Gasteiger partial charge in [0.15, 0.2) is 5.69 Å². The monoisotopic (exact) mass is 474 g/mol. The van der Waals surface area contributed by atoms with E-state index in [2.05, 4.69) is 15.2 Å². The Labute approximate surface area is 201 Å². The van der Waals surface area contributed by atoms with Crippen LogP contribution < -0.4 is 16.1 Å². The topological polar surface area (TPSA) is 116 Å². The molecule has 10 nitrogen and oxygen atoms in total. The van der Waals surface area contributed by atoms with Crippen LogP contribution in [0.3, 0.4) is 0 Å². The van der Waals surface area contributed by atoms with Crippen LogP contribution in [0.4, 0.5) is 5.69 Å². The third kappa shape index (κ3) is 4.96. The third-order valence-corrected chi connectivity index (χ3v) is 5.65. The highest BCUT2D eigenvalue weighted by Crippen LogP contribution is 2.16. The zero-order valence-corrected chi connectivity index (χ0v) is 20.1. The van der Waals surface area contributed by atoms with Crippen molar-refractivity contribution in [1.29, 1.82) is 0 Å². The average molecular weight is 475 g/mol. The second kappa shape index (κ2) is 9.88. The van der Waals surface area contributed by atoms with Crippen molar-refractivity contribution in [3.05, 3.63) is 86.4 Å². The van der Waals surface area contributed by atoms with Gasteiger partial charge in [-0.3, -0.25) is 14.2 Å². The van der Waals surface area contributed by atoms with Crippen molar-refractivity contribution in [2.45, 2.75) is 40.2 Å². The van der Waals surface area contributed by atoms with Gasteiger partial charge in [-0.1, -0.05) is 35.0 Å². The van der Waals surface area contributed by atoms with E-state index in [4.69, 9.17) is 4.52 Å². The normalized spacial score (nSPS) is 11.0. The summed E-state index contributed by atoms with van der Waals surface area (Å²) < 4.78 is 7.50. The van der Waals surface area contributed by atoms with Crippen LogP contribution in [0.25, 0.3) is 17.2 Å². The highest BCUT2D eigenvalue weighted by molar-refractivity contribution is 5.92. The number of carbonyl (C=O) groups is 1. The summed E-state index contributed by atoms with van der Waals surface area (Å²) in [5.41, 5.74) is 2.12. The van der Waals surface area contributed by atoms with Gasteiger partial charge in [-0.2, -0.15) is 14.8 Å². The number of nitrogens with zero attached hydrogens (tertiary/aromatic N) is 6. The molecule has 0 aliphatic carbocycles. The van der Waals surface area contributed by atoms with Crippen molar-refractivity contribution >= 4 is 11.6 Å². The third-order valence-electron chi connectivity index (χ3n) is 5.65. The van der Waals surface area contributed by atoms with Gasteiger partial charge in [-0.25, -0.2) is 4.79 Å². The molecule has 0 spiro atoms. The van der Waals surface area contributed by atoms with Crippen LogP contribution in [-0.4, -0.2) is 37.4 Å². The lowest BCUT2D eigenvalue weighted by Crippen LogP contribution is -2.41. The molecule has 2 aromatic carbocycles. The quantitative estimate of drug-likeness (QED) is 0.404. The summed E-state index contributed by atoms with van der Waals surface area (Å²) in [6.07, 6.45) is 0.336. The van der Waals surface area contributed by atoms with E-state index in [0.717, 1.165) is 26.1 Å². The molecule has 0 atom stereocenters. The van der Waals surface area contributed by atoms with Gasteiger partial charge in [0, 0.05) is 32.1 Å². The Balaban J connectivity index is 1.58. The molecule has 0 saturated heterocycles. The standard InChI is InChI=1S/C25H26N6O4/c1-5-30-24(33)22(27-31(25(30)34)18-11-9-16(2)10-12-18)23-26-20(35-28-23)13-14-21(32)29(4)19-8-6-7-17(3)15-19/h6-12,15H,5,13-14H2,1-4H3. The highest BCUT2D eigenvalue weighted by atomic mass is 16.5. The number of anilines is 1. The van der Waals surface area contributed by atoms with Crippen molar-refractivity contribution in [2.75, 3.05) is 11.9 Å². The maximum atomic E-state index is 12.9. The second-order valence-electron chi connectivity index (χ2n) is 8.23. The van der Waals surface area contributed by atoms with Crippen LogP contribution in [0.2, 0.25) is 0 Å². The van der Waals surface area contributed by atoms with Gasteiger partial charge in [-0.05, 0) is 50.6 Å². The predicted octanol–water partition coefficient (Wildman–Crippen LogP) is 2.68. The summed E-state index contributed by atoms with van der Waals surface area (Å²) in [5, 5.41) is 8.14. The van der Waals surface area contributed by atoms with Gasteiger partial charge in [-0.15, -0.1) is 0 Å². The van der Waals surface area contributed by atoms with Gasteiger partial charge in [0.05, 0.1) is 5.69 Å². The number of aryl methyl sites for hydroxylation is 3. The first-order chi connectivity index (χ1) is 16.8. The summed E-state index contributed by atoms with van der Waals surface area (Å²) in [4.78, 5) is 44.2. The smallest absolute Gasteiger partial charge is 0.339 e. The van der Waals surface area contributed by atoms with Crippen LogP contribution >= 0.6 is 0 Å². The molecule has 35 heavy (non-hydrogen) atoms. The van der Waals surface area contributed by atoms with Crippen molar-refractivity contribution in [2.24, 2.45) is 0 Å². The predicted molar refractivity (Wildman–Crippen MR) is 131 cm³/mol. The SMILES string of the molecule is CCn1c(=O)c(-c2noc(CCC(=O)N(C)c3cccc(C)c3)n2)nn(-c2ccc(C)cc2)c1=O. The Morgan fingerprint density at radius 2 is 1.80 bits per heavy atom. The molecule has 180 valence electrons.